The molecule has 0 bridgehead atoms. The van der Waals surface area contributed by atoms with Gasteiger partial charge in [0.15, 0.2) is 0 Å². The maximum atomic E-state index is 12.8. The van der Waals surface area contributed by atoms with E-state index < -0.39 is 0 Å². The molecule has 3 heterocycles. The van der Waals surface area contributed by atoms with E-state index in [0.29, 0.717) is 13.0 Å². The molecule has 0 atom stereocenters. The molecule has 3 aromatic rings. The SMILES string of the molecule is CCOc1ccccc1-c1nc(CC(=O)N2CCN(Cc3ccsc3)CC2)cs1. The summed E-state index contributed by atoms with van der Waals surface area (Å²) < 4.78 is 5.71. The first kappa shape index (κ1) is 20.1. The molecule has 0 aliphatic carbocycles. The smallest absolute Gasteiger partial charge is 0.228 e. The van der Waals surface area contributed by atoms with Gasteiger partial charge >= 0.3 is 0 Å². The zero-order valence-electron chi connectivity index (χ0n) is 16.5. The van der Waals surface area contributed by atoms with Crippen LogP contribution in [0.4, 0.5) is 0 Å². The maximum absolute atomic E-state index is 12.8. The molecule has 1 aliphatic rings. The Bertz CT molecular complexity index is 931. The lowest BCUT2D eigenvalue weighted by Gasteiger charge is -2.34. The molecule has 29 heavy (non-hydrogen) atoms. The largest absolute Gasteiger partial charge is 0.493 e. The summed E-state index contributed by atoms with van der Waals surface area (Å²) in [5, 5.41) is 7.20. The van der Waals surface area contributed by atoms with Crippen molar-refractivity contribution < 1.29 is 9.53 Å². The van der Waals surface area contributed by atoms with Crippen LogP contribution in [0.3, 0.4) is 0 Å². The molecule has 0 N–H and O–H groups in total. The molecule has 1 aromatic carbocycles. The molecule has 0 spiro atoms. The number of carbonyl (C=O) groups is 1. The van der Waals surface area contributed by atoms with Crippen LogP contribution in [-0.4, -0.2) is 53.5 Å². The highest BCUT2D eigenvalue weighted by Crippen LogP contribution is 2.32. The normalized spacial score (nSPS) is 14.9. The minimum absolute atomic E-state index is 0.162. The van der Waals surface area contributed by atoms with E-state index in [1.165, 1.54) is 5.56 Å². The van der Waals surface area contributed by atoms with Gasteiger partial charge in [0.2, 0.25) is 5.91 Å². The maximum Gasteiger partial charge on any atom is 0.228 e. The Morgan fingerprint density at radius 3 is 2.72 bits per heavy atom. The summed E-state index contributed by atoms with van der Waals surface area (Å²) in [5.41, 5.74) is 3.18. The van der Waals surface area contributed by atoms with Crippen molar-refractivity contribution in [2.45, 2.75) is 19.9 Å². The second-order valence-corrected chi connectivity index (χ2v) is 8.68. The molecule has 0 saturated carbocycles. The number of ether oxygens (including phenoxy) is 1. The van der Waals surface area contributed by atoms with Gasteiger partial charge in [-0.25, -0.2) is 4.98 Å². The van der Waals surface area contributed by atoms with E-state index in [-0.39, 0.29) is 5.91 Å². The van der Waals surface area contributed by atoms with Crippen LogP contribution >= 0.6 is 22.7 Å². The van der Waals surface area contributed by atoms with Crippen LogP contribution in [0, 0.1) is 0 Å². The summed E-state index contributed by atoms with van der Waals surface area (Å²) in [6.45, 7) is 6.98. The van der Waals surface area contributed by atoms with E-state index >= 15 is 0 Å². The van der Waals surface area contributed by atoms with Gasteiger partial charge in [-0.2, -0.15) is 11.3 Å². The number of hydrogen-bond donors (Lipinski definition) is 0. The van der Waals surface area contributed by atoms with Gasteiger partial charge in [-0.05, 0) is 41.4 Å². The Hall–Kier alpha value is -2.22. The molecule has 1 saturated heterocycles. The predicted molar refractivity (Wildman–Crippen MR) is 119 cm³/mol. The number of thiophene rings is 1. The average molecular weight is 428 g/mol. The number of thiazole rings is 1. The molecule has 0 radical (unpaired) electrons. The Kier molecular flexibility index (Phi) is 6.59. The summed E-state index contributed by atoms with van der Waals surface area (Å²) in [4.78, 5) is 21.8. The molecular formula is C22H25N3O2S2. The van der Waals surface area contributed by atoms with Gasteiger partial charge in [-0.3, -0.25) is 9.69 Å². The Balaban J connectivity index is 1.33. The fraction of sp³-hybridized carbons (Fsp3) is 0.364. The minimum Gasteiger partial charge on any atom is -0.493 e. The quantitative estimate of drug-likeness (QED) is 0.568. The first-order valence-electron chi connectivity index (χ1n) is 9.90. The van der Waals surface area contributed by atoms with E-state index in [0.717, 1.165) is 54.7 Å². The van der Waals surface area contributed by atoms with Crippen molar-refractivity contribution in [1.82, 2.24) is 14.8 Å². The third-order valence-corrected chi connectivity index (χ3v) is 6.67. The van der Waals surface area contributed by atoms with Crippen LogP contribution in [-0.2, 0) is 17.8 Å². The third kappa shape index (κ3) is 5.04. The van der Waals surface area contributed by atoms with Crippen LogP contribution < -0.4 is 4.74 Å². The van der Waals surface area contributed by atoms with E-state index in [9.17, 15) is 4.79 Å². The highest BCUT2D eigenvalue weighted by Gasteiger charge is 2.22. The van der Waals surface area contributed by atoms with Crippen molar-refractivity contribution in [1.29, 1.82) is 0 Å². The Morgan fingerprint density at radius 2 is 1.97 bits per heavy atom. The second kappa shape index (κ2) is 9.52. The topological polar surface area (TPSA) is 45.7 Å². The van der Waals surface area contributed by atoms with Crippen molar-refractivity contribution in [3.8, 4) is 16.3 Å². The van der Waals surface area contributed by atoms with Gasteiger partial charge in [0, 0.05) is 38.1 Å². The number of amides is 1. The Labute approximate surface area is 179 Å². The number of aromatic nitrogens is 1. The van der Waals surface area contributed by atoms with Crippen molar-refractivity contribution in [3.05, 3.63) is 57.7 Å². The highest BCUT2D eigenvalue weighted by atomic mass is 32.1. The summed E-state index contributed by atoms with van der Waals surface area (Å²) in [6, 6.07) is 10.1. The van der Waals surface area contributed by atoms with Crippen LogP contribution in [0.2, 0.25) is 0 Å². The number of rotatable bonds is 7. The van der Waals surface area contributed by atoms with Crippen LogP contribution in [0.25, 0.3) is 10.6 Å². The zero-order chi connectivity index (χ0) is 20.1. The molecular weight excluding hydrogens is 402 g/mol. The van der Waals surface area contributed by atoms with Crippen LogP contribution in [0.1, 0.15) is 18.2 Å². The molecule has 2 aromatic heterocycles. The van der Waals surface area contributed by atoms with Crippen LogP contribution in [0.15, 0.2) is 46.5 Å². The first-order chi connectivity index (χ1) is 14.2. The molecule has 152 valence electrons. The number of benzene rings is 1. The number of carbonyl (C=O) groups excluding carboxylic acids is 1. The van der Waals surface area contributed by atoms with Crippen LogP contribution in [0.5, 0.6) is 5.75 Å². The van der Waals surface area contributed by atoms with Gasteiger partial charge in [-0.15, -0.1) is 11.3 Å². The number of nitrogens with zero attached hydrogens (tertiary/aromatic N) is 3. The van der Waals surface area contributed by atoms with Crippen molar-refractivity contribution in [3.63, 3.8) is 0 Å². The van der Waals surface area contributed by atoms with Crippen molar-refractivity contribution in [2.75, 3.05) is 32.8 Å². The number of piperazine rings is 1. The second-order valence-electron chi connectivity index (χ2n) is 7.04. The molecule has 7 heteroatoms. The standard InChI is InChI=1S/C22H25N3O2S2/c1-2-27-20-6-4-3-5-19(20)22-23-18(16-29-22)13-21(26)25-10-8-24(9-11-25)14-17-7-12-28-15-17/h3-7,12,15-16H,2,8-11,13-14H2,1H3. The van der Waals surface area contributed by atoms with Gasteiger partial charge in [-0.1, -0.05) is 12.1 Å². The molecule has 5 nitrogen and oxygen atoms in total. The molecule has 1 fully saturated rings. The van der Waals surface area contributed by atoms with E-state index in [2.05, 4.69) is 21.7 Å². The summed E-state index contributed by atoms with van der Waals surface area (Å²) >= 11 is 3.30. The summed E-state index contributed by atoms with van der Waals surface area (Å²) in [6.07, 6.45) is 0.359. The highest BCUT2D eigenvalue weighted by molar-refractivity contribution is 7.13. The number of para-hydroxylation sites is 1. The Morgan fingerprint density at radius 1 is 1.14 bits per heavy atom. The summed E-state index contributed by atoms with van der Waals surface area (Å²) in [5.74, 6) is 0.999. The monoisotopic (exact) mass is 427 g/mol. The predicted octanol–water partition coefficient (Wildman–Crippen LogP) is 4.16. The fourth-order valence-electron chi connectivity index (χ4n) is 3.50. The van der Waals surface area contributed by atoms with E-state index in [4.69, 9.17) is 9.72 Å². The third-order valence-electron chi connectivity index (χ3n) is 5.01. The first-order valence-corrected chi connectivity index (χ1v) is 11.7. The van der Waals surface area contributed by atoms with E-state index in [1.54, 1.807) is 22.7 Å². The van der Waals surface area contributed by atoms with Crippen molar-refractivity contribution >= 4 is 28.6 Å². The van der Waals surface area contributed by atoms with Gasteiger partial charge in [0.1, 0.15) is 10.8 Å². The lowest BCUT2D eigenvalue weighted by Crippen LogP contribution is -2.48. The molecule has 0 unspecified atom stereocenters. The number of hydrogen-bond acceptors (Lipinski definition) is 6. The van der Waals surface area contributed by atoms with Gasteiger partial charge in [0.05, 0.1) is 24.3 Å². The molecule has 1 aliphatic heterocycles. The van der Waals surface area contributed by atoms with Crippen molar-refractivity contribution in [2.24, 2.45) is 0 Å². The lowest BCUT2D eigenvalue weighted by molar-refractivity contribution is -0.132. The average Bonchev–Trinajstić information content (AvgIpc) is 3.41. The molecule has 1 amide bonds. The van der Waals surface area contributed by atoms with Gasteiger partial charge < -0.3 is 9.64 Å². The van der Waals surface area contributed by atoms with Gasteiger partial charge in [0.25, 0.3) is 0 Å². The molecule has 4 rings (SSSR count). The minimum atomic E-state index is 0.162. The lowest BCUT2D eigenvalue weighted by atomic mass is 10.2. The van der Waals surface area contributed by atoms with E-state index in [1.807, 2.05) is 41.5 Å². The zero-order valence-corrected chi connectivity index (χ0v) is 18.2. The summed E-state index contributed by atoms with van der Waals surface area (Å²) in [7, 11) is 0. The fourth-order valence-corrected chi connectivity index (χ4v) is 5.01.